The van der Waals surface area contributed by atoms with Gasteiger partial charge >= 0.3 is 0 Å². The van der Waals surface area contributed by atoms with Crippen LogP contribution in [0.1, 0.15) is 31.9 Å². The predicted octanol–water partition coefficient (Wildman–Crippen LogP) is 5.90. The highest BCUT2D eigenvalue weighted by Gasteiger charge is 2.19. The summed E-state index contributed by atoms with van der Waals surface area (Å²) in [5.41, 5.74) is 4.65. The molecule has 4 rings (SSSR count). The smallest absolute Gasteiger partial charge is 0.268 e. The van der Waals surface area contributed by atoms with Crippen molar-refractivity contribution in [1.29, 1.82) is 0 Å². The molecule has 34 heavy (non-hydrogen) atoms. The molecule has 2 amide bonds. The van der Waals surface area contributed by atoms with Gasteiger partial charge in [-0.1, -0.05) is 60.2 Å². The Balaban J connectivity index is 1.45. The summed E-state index contributed by atoms with van der Waals surface area (Å²) >= 11 is 1.42. The van der Waals surface area contributed by atoms with Gasteiger partial charge in [0.25, 0.3) is 5.91 Å². The van der Waals surface area contributed by atoms with E-state index in [1.165, 1.54) is 23.5 Å². The number of aryl methyl sites for hydroxylation is 1. The molecule has 0 saturated heterocycles. The molecule has 0 radical (unpaired) electrons. The molecule has 3 aromatic carbocycles. The number of halogens is 1. The number of hydrogen-bond acceptors (Lipinski definition) is 3. The second-order valence-electron chi connectivity index (χ2n) is 8.10. The molecule has 4 nitrogen and oxygen atoms in total. The molecule has 1 N–H and O–H groups in total. The number of nitrogens with one attached hydrogen (secondary N) is 1. The fourth-order valence-corrected chi connectivity index (χ4v) is 4.32. The molecule has 0 atom stereocenters. The molecule has 0 aliphatic heterocycles. The van der Waals surface area contributed by atoms with E-state index in [2.05, 4.69) is 11.4 Å². The van der Waals surface area contributed by atoms with Crippen LogP contribution in [0, 0.1) is 12.7 Å². The summed E-state index contributed by atoms with van der Waals surface area (Å²) < 4.78 is 13.0. The minimum Gasteiger partial charge on any atom is -0.352 e. The second kappa shape index (κ2) is 10.9. The van der Waals surface area contributed by atoms with E-state index in [0.717, 1.165) is 27.9 Å². The molecule has 4 aromatic rings. The van der Waals surface area contributed by atoms with Crippen LogP contribution >= 0.6 is 11.3 Å². The zero-order valence-electron chi connectivity index (χ0n) is 18.8. The fraction of sp³-hybridized carbons (Fsp3) is 0.143. The predicted molar refractivity (Wildman–Crippen MR) is 134 cm³/mol. The van der Waals surface area contributed by atoms with E-state index in [0.29, 0.717) is 18.0 Å². The van der Waals surface area contributed by atoms with Gasteiger partial charge in [0.1, 0.15) is 5.82 Å². The zero-order chi connectivity index (χ0) is 23.9. The molecule has 0 saturated carbocycles. The van der Waals surface area contributed by atoms with Gasteiger partial charge in [0.15, 0.2) is 0 Å². The van der Waals surface area contributed by atoms with Crippen LogP contribution < -0.4 is 10.2 Å². The van der Waals surface area contributed by atoms with Crippen LogP contribution in [0.5, 0.6) is 0 Å². The van der Waals surface area contributed by atoms with Crippen molar-refractivity contribution < 1.29 is 14.0 Å². The highest BCUT2D eigenvalue weighted by Crippen LogP contribution is 2.23. The average molecular weight is 473 g/mol. The molecule has 0 spiro atoms. The minimum absolute atomic E-state index is 0.0544. The van der Waals surface area contributed by atoms with Gasteiger partial charge < -0.3 is 10.2 Å². The van der Waals surface area contributed by atoms with Crippen molar-refractivity contribution in [3.05, 3.63) is 123 Å². The molecule has 172 valence electrons. The number of nitrogens with zero attached hydrogens (tertiary/aromatic N) is 1. The SMILES string of the molecule is Cc1cccc(CN(C(=O)c2cccs2)c2ccc(CC(=O)NCc3ccc(F)cc3)cc2)c1. The molecule has 0 aliphatic carbocycles. The highest BCUT2D eigenvalue weighted by molar-refractivity contribution is 7.12. The van der Waals surface area contributed by atoms with Crippen LogP contribution in [-0.2, 0) is 24.3 Å². The summed E-state index contributed by atoms with van der Waals surface area (Å²) in [6.07, 6.45) is 0.220. The van der Waals surface area contributed by atoms with Gasteiger partial charge in [0.05, 0.1) is 17.8 Å². The Labute approximate surface area is 202 Å². The van der Waals surface area contributed by atoms with Crippen molar-refractivity contribution >= 4 is 28.8 Å². The number of anilines is 1. The van der Waals surface area contributed by atoms with E-state index in [-0.39, 0.29) is 24.1 Å². The van der Waals surface area contributed by atoms with Crippen molar-refractivity contribution in [1.82, 2.24) is 5.32 Å². The van der Waals surface area contributed by atoms with Gasteiger partial charge in [-0.15, -0.1) is 11.3 Å². The molecule has 6 heteroatoms. The van der Waals surface area contributed by atoms with E-state index in [9.17, 15) is 14.0 Å². The molecule has 0 fully saturated rings. The fourth-order valence-electron chi connectivity index (χ4n) is 3.65. The monoisotopic (exact) mass is 472 g/mol. The summed E-state index contributed by atoms with van der Waals surface area (Å²) in [5.74, 6) is -0.478. The van der Waals surface area contributed by atoms with Gasteiger partial charge in [-0.2, -0.15) is 0 Å². The first kappa shape index (κ1) is 23.4. The Morgan fingerprint density at radius 2 is 1.62 bits per heavy atom. The molecular weight excluding hydrogens is 447 g/mol. The molecule has 1 aromatic heterocycles. The Bertz CT molecular complexity index is 1250. The maximum absolute atomic E-state index is 13.2. The third kappa shape index (κ3) is 6.17. The van der Waals surface area contributed by atoms with Crippen LogP contribution in [0.4, 0.5) is 10.1 Å². The number of rotatable bonds is 8. The molecule has 0 bridgehead atoms. The quantitative estimate of drug-likeness (QED) is 0.347. The zero-order valence-corrected chi connectivity index (χ0v) is 19.6. The van der Waals surface area contributed by atoms with Gasteiger partial charge in [0.2, 0.25) is 5.91 Å². The summed E-state index contributed by atoms with van der Waals surface area (Å²) in [6, 6.07) is 25.4. The second-order valence-corrected chi connectivity index (χ2v) is 9.05. The first-order valence-corrected chi connectivity index (χ1v) is 11.9. The van der Waals surface area contributed by atoms with Crippen LogP contribution in [0.2, 0.25) is 0 Å². The molecule has 0 aliphatic rings. The molecule has 1 heterocycles. The standard InChI is InChI=1S/C28H25FN2O2S/c1-20-4-2-5-23(16-20)19-31(28(33)26-6-3-15-34-26)25-13-9-21(10-14-25)17-27(32)30-18-22-7-11-24(29)12-8-22/h2-16H,17-19H2,1H3,(H,30,32). The van der Waals surface area contributed by atoms with Crippen molar-refractivity contribution in [2.24, 2.45) is 0 Å². The van der Waals surface area contributed by atoms with Gasteiger partial charge in [-0.05, 0) is 59.3 Å². The lowest BCUT2D eigenvalue weighted by molar-refractivity contribution is -0.120. The maximum Gasteiger partial charge on any atom is 0.268 e. The number of thiophene rings is 1. The third-order valence-corrected chi connectivity index (χ3v) is 6.27. The first-order valence-electron chi connectivity index (χ1n) is 11.0. The van der Waals surface area contributed by atoms with Crippen LogP contribution in [0.25, 0.3) is 0 Å². The van der Waals surface area contributed by atoms with E-state index >= 15 is 0 Å². The Hall–Kier alpha value is -3.77. The average Bonchev–Trinajstić information content (AvgIpc) is 3.38. The Morgan fingerprint density at radius 1 is 0.882 bits per heavy atom. The van der Waals surface area contributed by atoms with Gasteiger partial charge in [0, 0.05) is 12.2 Å². The van der Waals surface area contributed by atoms with Crippen LogP contribution in [0.3, 0.4) is 0 Å². The Kier molecular flexibility index (Phi) is 7.50. The van der Waals surface area contributed by atoms with Crippen molar-refractivity contribution in [2.45, 2.75) is 26.4 Å². The number of carbonyl (C=O) groups is 2. The van der Waals surface area contributed by atoms with Crippen molar-refractivity contribution in [3.8, 4) is 0 Å². The van der Waals surface area contributed by atoms with Gasteiger partial charge in [-0.3, -0.25) is 9.59 Å². The van der Waals surface area contributed by atoms with E-state index < -0.39 is 0 Å². The number of benzene rings is 3. The lowest BCUT2D eigenvalue weighted by Gasteiger charge is -2.23. The Morgan fingerprint density at radius 3 is 2.29 bits per heavy atom. The molecular formula is C28H25FN2O2S. The topological polar surface area (TPSA) is 49.4 Å². The lowest BCUT2D eigenvalue weighted by atomic mass is 10.1. The van der Waals surface area contributed by atoms with E-state index in [4.69, 9.17) is 0 Å². The number of amides is 2. The summed E-state index contributed by atoms with van der Waals surface area (Å²) in [4.78, 5) is 28.0. The maximum atomic E-state index is 13.2. The van der Waals surface area contributed by atoms with Crippen LogP contribution in [-0.4, -0.2) is 11.8 Å². The summed E-state index contributed by atoms with van der Waals surface area (Å²) in [5, 5.41) is 4.75. The minimum atomic E-state index is -0.302. The lowest BCUT2D eigenvalue weighted by Crippen LogP contribution is -2.30. The van der Waals surface area contributed by atoms with Crippen molar-refractivity contribution in [3.63, 3.8) is 0 Å². The normalized spacial score (nSPS) is 10.6. The summed E-state index contributed by atoms with van der Waals surface area (Å²) in [7, 11) is 0. The summed E-state index contributed by atoms with van der Waals surface area (Å²) in [6.45, 7) is 2.83. The third-order valence-electron chi connectivity index (χ3n) is 5.42. The van der Waals surface area contributed by atoms with Crippen LogP contribution in [0.15, 0.2) is 90.3 Å². The largest absolute Gasteiger partial charge is 0.352 e. The van der Waals surface area contributed by atoms with E-state index in [1.54, 1.807) is 17.0 Å². The van der Waals surface area contributed by atoms with E-state index in [1.807, 2.05) is 66.9 Å². The molecule has 0 unspecified atom stereocenters. The number of hydrogen-bond donors (Lipinski definition) is 1. The van der Waals surface area contributed by atoms with Gasteiger partial charge in [-0.25, -0.2) is 4.39 Å². The first-order chi connectivity index (χ1) is 16.5. The van der Waals surface area contributed by atoms with Crippen molar-refractivity contribution in [2.75, 3.05) is 4.90 Å². The number of carbonyl (C=O) groups excluding carboxylic acids is 2. The highest BCUT2D eigenvalue weighted by atomic mass is 32.1.